The highest BCUT2D eigenvalue weighted by Crippen LogP contribution is 2.36. The first kappa shape index (κ1) is 26.3. The third-order valence-corrected chi connectivity index (χ3v) is 7.93. The van der Waals surface area contributed by atoms with Crippen LogP contribution in [0.5, 0.6) is 5.75 Å². The van der Waals surface area contributed by atoms with Crippen molar-refractivity contribution >= 4 is 45.0 Å². The van der Waals surface area contributed by atoms with E-state index < -0.39 is 0 Å². The molecule has 1 amide bonds. The number of rotatable bonds is 8. The van der Waals surface area contributed by atoms with Crippen LogP contribution in [-0.4, -0.2) is 48.8 Å². The first-order valence-electron chi connectivity index (χ1n) is 14.4. The standard InChI is InChI=1S/C33H33N5O4/c1-20-19-38(13-14-41-20)24-8-12-30-29(16-24)37-33(42-30)28-18-35-31(34-17-21-3-9-25(40-2)10-4-21)26-11-7-23(15-27(26)28)36-32(39)22-5-6-22/h3-4,7-12,15-16,18,20,22H,5-6,13-14,17,19H2,1-2H3,(H,34,35)(H,36,39)/t20-/m0/s1. The van der Waals surface area contributed by atoms with Crippen LogP contribution < -0.4 is 20.3 Å². The van der Waals surface area contributed by atoms with Gasteiger partial charge in [0.15, 0.2) is 5.58 Å². The van der Waals surface area contributed by atoms with Crippen molar-refractivity contribution in [1.82, 2.24) is 9.97 Å². The molecular weight excluding hydrogens is 530 g/mol. The molecule has 2 N–H and O–H groups in total. The van der Waals surface area contributed by atoms with Crippen LogP contribution in [-0.2, 0) is 16.1 Å². The summed E-state index contributed by atoms with van der Waals surface area (Å²) in [6, 6.07) is 20.0. The quantitative estimate of drug-likeness (QED) is 0.229. The summed E-state index contributed by atoms with van der Waals surface area (Å²) in [5.74, 6) is 2.22. The predicted molar refractivity (Wildman–Crippen MR) is 164 cm³/mol. The fourth-order valence-corrected chi connectivity index (χ4v) is 5.43. The molecule has 1 saturated carbocycles. The number of morpholine rings is 1. The maximum Gasteiger partial charge on any atom is 0.229 e. The largest absolute Gasteiger partial charge is 0.497 e. The number of pyridine rings is 1. The van der Waals surface area contributed by atoms with Crippen LogP contribution in [0.15, 0.2) is 71.3 Å². The summed E-state index contributed by atoms with van der Waals surface area (Å²) >= 11 is 0. The van der Waals surface area contributed by atoms with Gasteiger partial charge in [0.25, 0.3) is 0 Å². The normalized spacial score (nSPS) is 17.0. The lowest BCUT2D eigenvalue weighted by Gasteiger charge is -2.32. The molecule has 2 aromatic heterocycles. The number of hydrogen-bond acceptors (Lipinski definition) is 8. The third-order valence-electron chi connectivity index (χ3n) is 7.93. The van der Waals surface area contributed by atoms with Gasteiger partial charge in [0, 0.05) is 53.9 Å². The van der Waals surface area contributed by atoms with E-state index in [9.17, 15) is 4.79 Å². The molecule has 0 unspecified atom stereocenters. The van der Waals surface area contributed by atoms with Gasteiger partial charge in [-0.1, -0.05) is 12.1 Å². The van der Waals surface area contributed by atoms with Gasteiger partial charge < -0.3 is 29.4 Å². The van der Waals surface area contributed by atoms with Crippen LogP contribution in [0.2, 0.25) is 0 Å². The Labute approximate surface area is 243 Å². The summed E-state index contributed by atoms with van der Waals surface area (Å²) in [5.41, 5.74) is 5.21. The van der Waals surface area contributed by atoms with Crippen LogP contribution in [0.25, 0.3) is 33.3 Å². The molecule has 5 aromatic rings. The summed E-state index contributed by atoms with van der Waals surface area (Å²) in [6.07, 6.45) is 3.87. The second-order valence-corrected chi connectivity index (χ2v) is 11.0. The Kier molecular flexibility index (Phi) is 6.87. The number of carbonyl (C=O) groups excluding carboxylic acids is 1. The fourth-order valence-electron chi connectivity index (χ4n) is 5.43. The van der Waals surface area contributed by atoms with Gasteiger partial charge in [0.2, 0.25) is 11.8 Å². The van der Waals surface area contributed by atoms with Crippen molar-refractivity contribution < 1.29 is 18.7 Å². The zero-order valence-corrected chi connectivity index (χ0v) is 23.7. The first-order valence-corrected chi connectivity index (χ1v) is 14.4. The molecule has 3 aromatic carbocycles. The van der Waals surface area contributed by atoms with Crippen molar-refractivity contribution in [2.24, 2.45) is 5.92 Å². The monoisotopic (exact) mass is 563 g/mol. The Morgan fingerprint density at radius 2 is 1.93 bits per heavy atom. The zero-order valence-electron chi connectivity index (χ0n) is 23.7. The fraction of sp³-hybridized carbons (Fsp3) is 0.303. The molecule has 0 bridgehead atoms. The summed E-state index contributed by atoms with van der Waals surface area (Å²) in [5, 5.41) is 8.36. The van der Waals surface area contributed by atoms with Gasteiger partial charge in [0.1, 0.15) is 17.1 Å². The molecule has 1 saturated heterocycles. The first-order chi connectivity index (χ1) is 20.5. The van der Waals surface area contributed by atoms with E-state index in [0.717, 1.165) is 76.3 Å². The molecule has 214 valence electrons. The number of oxazole rings is 1. The summed E-state index contributed by atoms with van der Waals surface area (Å²) in [6.45, 7) is 5.07. The number of benzene rings is 3. The molecule has 42 heavy (non-hydrogen) atoms. The van der Waals surface area contributed by atoms with E-state index in [0.29, 0.717) is 24.6 Å². The Bertz CT molecular complexity index is 1760. The van der Waals surface area contributed by atoms with Crippen LogP contribution in [0.3, 0.4) is 0 Å². The minimum Gasteiger partial charge on any atom is -0.497 e. The molecule has 0 spiro atoms. The van der Waals surface area contributed by atoms with E-state index in [2.05, 4.69) is 34.6 Å². The van der Waals surface area contributed by atoms with Crippen molar-refractivity contribution in [2.75, 3.05) is 42.3 Å². The number of ether oxygens (including phenoxy) is 2. The van der Waals surface area contributed by atoms with Crippen molar-refractivity contribution in [3.05, 3.63) is 72.4 Å². The van der Waals surface area contributed by atoms with Gasteiger partial charge in [-0.25, -0.2) is 9.97 Å². The third kappa shape index (κ3) is 5.35. The maximum atomic E-state index is 12.6. The van der Waals surface area contributed by atoms with E-state index in [1.54, 1.807) is 13.3 Å². The number of hydrogen-bond donors (Lipinski definition) is 2. The SMILES string of the molecule is COc1ccc(CNc2ncc(-c3nc4cc(N5CCO[C@@H](C)C5)ccc4o3)c3cc(NC(=O)C4CC4)ccc23)cc1. The van der Waals surface area contributed by atoms with Crippen LogP contribution in [0, 0.1) is 5.92 Å². The molecule has 0 radical (unpaired) electrons. The lowest BCUT2D eigenvalue weighted by Crippen LogP contribution is -2.41. The van der Waals surface area contributed by atoms with Gasteiger partial charge in [-0.15, -0.1) is 0 Å². The Morgan fingerprint density at radius 1 is 1.07 bits per heavy atom. The van der Waals surface area contributed by atoms with Gasteiger partial charge in [-0.2, -0.15) is 0 Å². The number of fused-ring (bicyclic) bond motifs is 2. The Hall–Kier alpha value is -4.63. The lowest BCUT2D eigenvalue weighted by molar-refractivity contribution is -0.117. The minimum absolute atomic E-state index is 0.0645. The molecular formula is C33H33N5O4. The summed E-state index contributed by atoms with van der Waals surface area (Å²) in [7, 11) is 1.66. The maximum absolute atomic E-state index is 12.6. The zero-order chi connectivity index (χ0) is 28.6. The number of nitrogens with one attached hydrogen (secondary N) is 2. The molecule has 9 nitrogen and oxygen atoms in total. The number of carbonyl (C=O) groups is 1. The van der Waals surface area contributed by atoms with Crippen molar-refractivity contribution in [3.8, 4) is 17.2 Å². The highest BCUT2D eigenvalue weighted by Gasteiger charge is 2.29. The van der Waals surface area contributed by atoms with Gasteiger partial charge in [-0.3, -0.25) is 4.79 Å². The molecule has 1 aliphatic carbocycles. The molecule has 1 atom stereocenters. The van der Waals surface area contributed by atoms with Crippen molar-refractivity contribution in [2.45, 2.75) is 32.4 Å². The van der Waals surface area contributed by atoms with E-state index in [4.69, 9.17) is 23.9 Å². The van der Waals surface area contributed by atoms with Gasteiger partial charge in [-0.05, 0) is 73.9 Å². The summed E-state index contributed by atoms with van der Waals surface area (Å²) < 4.78 is 17.3. The number of anilines is 3. The highest BCUT2D eigenvalue weighted by molar-refractivity contribution is 6.04. The Balaban J connectivity index is 1.24. The number of amides is 1. The number of nitrogens with zero attached hydrogens (tertiary/aromatic N) is 3. The molecule has 2 fully saturated rings. The smallest absolute Gasteiger partial charge is 0.229 e. The van der Waals surface area contributed by atoms with E-state index >= 15 is 0 Å². The van der Waals surface area contributed by atoms with E-state index in [-0.39, 0.29) is 17.9 Å². The van der Waals surface area contributed by atoms with Crippen LogP contribution >= 0.6 is 0 Å². The van der Waals surface area contributed by atoms with Crippen LogP contribution in [0.1, 0.15) is 25.3 Å². The molecule has 2 aliphatic rings. The topological polar surface area (TPSA) is 102 Å². The lowest BCUT2D eigenvalue weighted by atomic mass is 10.1. The van der Waals surface area contributed by atoms with Crippen molar-refractivity contribution in [1.29, 1.82) is 0 Å². The predicted octanol–water partition coefficient (Wildman–Crippen LogP) is 6.24. The van der Waals surface area contributed by atoms with Crippen molar-refractivity contribution in [3.63, 3.8) is 0 Å². The molecule has 7 rings (SSSR count). The number of aromatic nitrogens is 2. The van der Waals surface area contributed by atoms with E-state index in [1.807, 2.05) is 48.5 Å². The average molecular weight is 564 g/mol. The minimum atomic E-state index is 0.0645. The number of methoxy groups -OCH3 is 1. The Morgan fingerprint density at radius 3 is 2.71 bits per heavy atom. The molecule has 3 heterocycles. The second-order valence-electron chi connectivity index (χ2n) is 11.0. The van der Waals surface area contributed by atoms with E-state index in [1.165, 1.54) is 0 Å². The second kappa shape index (κ2) is 11.0. The van der Waals surface area contributed by atoms with Crippen LogP contribution in [0.4, 0.5) is 17.2 Å². The molecule has 1 aliphatic heterocycles. The average Bonchev–Trinajstić information content (AvgIpc) is 3.79. The molecule has 9 heteroatoms. The summed E-state index contributed by atoms with van der Waals surface area (Å²) in [4.78, 5) is 24.5. The van der Waals surface area contributed by atoms with Gasteiger partial charge in [0.05, 0.1) is 25.4 Å². The highest BCUT2D eigenvalue weighted by atomic mass is 16.5. The van der Waals surface area contributed by atoms with Gasteiger partial charge >= 0.3 is 0 Å².